The monoisotopic (exact) mass is 248 g/mol. The molecule has 2 nitrogen and oxygen atoms in total. The Morgan fingerprint density at radius 2 is 2.12 bits per heavy atom. The molecule has 1 fully saturated rings. The van der Waals surface area contributed by atoms with Gasteiger partial charge >= 0.3 is 0 Å². The van der Waals surface area contributed by atoms with Gasteiger partial charge in [-0.1, -0.05) is 19.3 Å². The molecule has 0 spiro atoms. The van der Waals surface area contributed by atoms with Crippen LogP contribution in [0.15, 0.2) is 11.4 Å². The van der Waals surface area contributed by atoms with Gasteiger partial charge in [0.1, 0.15) is 0 Å². The SMILES string of the molecule is N=C(C1CCCCC1)N1CCc2sccc2C1. The van der Waals surface area contributed by atoms with Crippen LogP contribution in [0.5, 0.6) is 0 Å². The van der Waals surface area contributed by atoms with Gasteiger partial charge in [-0.3, -0.25) is 5.41 Å². The maximum atomic E-state index is 8.40. The molecule has 0 atom stereocenters. The van der Waals surface area contributed by atoms with Gasteiger partial charge in [0.25, 0.3) is 0 Å². The summed E-state index contributed by atoms with van der Waals surface area (Å²) in [5, 5.41) is 10.6. The third-order valence-corrected chi connectivity index (χ3v) is 5.16. The average molecular weight is 248 g/mol. The van der Waals surface area contributed by atoms with Gasteiger partial charge in [-0.15, -0.1) is 11.3 Å². The van der Waals surface area contributed by atoms with Crippen molar-refractivity contribution in [2.24, 2.45) is 5.92 Å². The Balaban J connectivity index is 1.67. The van der Waals surface area contributed by atoms with Crippen molar-refractivity contribution in [2.75, 3.05) is 6.54 Å². The Morgan fingerprint density at radius 3 is 2.94 bits per heavy atom. The normalized spacial score (nSPS) is 21.3. The summed E-state index contributed by atoms with van der Waals surface area (Å²) in [5.41, 5.74) is 1.46. The van der Waals surface area contributed by atoms with Gasteiger partial charge in [-0.25, -0.2) is 0 Å². The first-order chi connectivity index (χ1) is 8.34. The van der Waals surface area contributed by atoms with Crippen molar-refractivity contribution >= 4 is 17.2 Å². The second-order valence-electron chi connectivity index (χ2n) is 5.26. The van der Waals surface area contributed by atoms with E-state index in [-0.39, 0.29) is 0 Å². The fraction of sp³-hybridized carbons (Fsp3) is 0.643. The molecule has 0 amide bonds. The predicted molar refractivity (Wildman–Crippen MR) is 72.7 cm³/mol. The third kappa shape index (κ3) is 2.25. The molecule has 3 rings (SSSR count). The Morgan fingerprint density at radius 1 is 1.29 bits per heavy atom. The molecule has 1 aromatic rings. The molecule has 17 heavy (non-hydrogen) atoms. The zero-order valence-electron chi connectivity index (χ0n) is 10.2. The van der Waals surface area contributed by atoms with Gasteiger partial charge in [0.15, 0.2) is 0 Å². The summed E-state index contributed by atoms with van der Waals surface area (Å²) in [6.45, 7) is 2.04. The van der Waals surface area contributed by atoms with Crippen molar-refractivity contribution < 1.29 is 0 Å². The number of rotatable bonds is 1. The van der Waals surface area contributed by atoms with Gasteiger partial charge in [-0.05, 0) is 36.3 Å². The molecule has 0 saturated heterocycles. The number of nitrogens with one attached hydrogen (secondary N) is 1. The summed E-state index contributed by atoms with van der Waals surface area (Å²) >= 11 is 1.88. The lowest BCUT2D eigenvalue weighted by Gasteiger charge is -2.34. The molecule has 1 aromatic heterocycles. The Kier molecular flexibility index (Phi) is 3.19. The molecule has 0 unspecified atom stereocenters. The lowest BCUT2D eigenvalue weighted by Crippen LogP contribution is -2.39. The molecule has 0 radical (unpaired) electrons. The minimum Gasteiger partial charge on any atom is -0.356 e. The Bertz CT molecular complexity index is 404. The smallest absolute Gasteiger partial charge is 0.0992 e. The summed E-state index contributed by atoms with van der Waals surface area (Å²) in [6, 6.07) is 2.24. The quantitative estimate of drug-likeness (QED) is 0.596. The maximum Gasteiger partial charge on any atom is 0.0992 e. The number of fused-ring (bicyclic) bond motifs is 1. The van der Waals surface area contributed by atoms with Crippen molar-refractivity contribution in [1.82, 2.24) is 4.90 Å². The van der Waals surface area contributed by atoms with E-state index in [0.29, 0.717) is 5.92 Å². The van der Waals surface area contributed by atoms with E-state index in [1.165, 1.54) is 42.5 Å². The fourth-order valence-electron chi connectivity index (χ4n) is 3.09. The van der Waals surface area contributed by atoms with Gasteiger partial charge in [0, 0.05) is 23.9 Å². The summed E-state index contributed by atoms with van der Waals surface area (Å²) < 4.78 is 0. The summed E-state index contributed by atoms with van der Waals surface area (Å²) in [7, 11) is 0. The topological polar surface area (TPSA) is 27.1 Å². The second-order valence-corrected chi connectivity index (χ2v) is 6.26. The highest BCUT2D eigenvalue weighted by Gasteiger charge is 2.25. The zero-order chi connectivity index (χ0) is 11.7. The van der Waals surface area contributed by atoms with E-state index in [9.17, 15) is 0 Å². The maximum absolute atomic E-state index is 8.40. The standard InChI is InChI=1S/C14H20N2S/c15-14(11-4-2-1-3-5-11)16-8-6-13-12(10-16)7-9-17-13/h7,9,11,15H,1-6,8,10H2. The van der Waals surface area contributed by atoms with Crippen LogP contribution in [0.25, 0.3) is 0 Å². The molecule has 1 N–H and O–H groups in total. The summed E-state index contributed by atoms with van der Waals surface area (Å²) in [5.74, 6) is 1.46. The third-order valence-electron chi connectivity index (χ3n) is 4.14. The van der Waals surface area contributed by atoms with Crippen molar-refractivity contribution in [3.8, 4) is 0 Å². The molecule has 1 aliphatic carbocycles. The van der Waals surface area contributed by atoms with Crippen molar-refractivity contribution in [3.63, 3.8) is 0 Å². The van der Waals surface area contributed by atoms with Gasteiger partial charge in [-0.2, -0.15) is 0 Å². The highest BCUT2D eigenvalue weighted by molar-refractivity contribution is 7.10. The van der Waals surface area contributed by atoms with Crippen LogP contribution < -0.4 is 0 Å². The number of nitrogens with zero attached hydrogens (tertiary/aromatic N) is 1. The number of amidine groups is 1. The Labute approximate surface area is 107 Å². The molecule has 0 bridgehead atoms. The van der Waals surface area contributed by atoms with Crippen LogP contribution in [0.4, 0.5) is 0 Å². The molecule has 92 valence electrons. The zero-order valence-corrected chi connectivity index (χ0v) is 11.1. The molecule has 1 aliphatic heterocycles. The van der Waals surface area contributed by atoms with Crippen molar-refractivity contribution in [1.29, 1.82) is 5.41 Å². The first-order valence-corrected chi connectivity index (χ1v) is 7.61. The average Bonchev–Trinajstić information content (AvgIpc) is 2.86. The second kappa shape index (κ2) is 4.81. The number of hydrogen-bond donors (Lipinski definition) is 1. The molecule has 0 aromatic carbocycles. The number of thiophene rings is 1. The van der Waals surface area contributed by atoms with Gasteiger partial charge in [0.05, 0.1) is 5.84 Å². The van der Waals surface area contributed by atoms with Crippen LogP contribution in [-0.4, -0.2) is 17.3 Å². The van der Waals surface area contributed by atoms with Crippen LogP contribution in [0.2, 0.25) is 0 Å². The van der Waals surface area contributed by atoms with Gasteiger partial charge < -0.3 is 4.90 Å². The lowest BCUT2D eigenvalue weighted by atomic mass is 9.87. The van der Waals surface area contributed by atoms with E-state index in [1.54, 1.807) is 0 Å². The van der Waals surface area contributed by atoms with Crippen molar-refractivity contribution in [3.05, 3.63) is 21.9 Å². The highest BCUT2D eigenvalue weighted by atomic mass is 32.1. The van der Waals surface area contributed by atoms with E-state index < -0.39 is 0 Å². The van der Waals surface area contributed by atoms with E-state index in [4.69, 9.17) is 5.41 Å². The van der Waals surface area contributed by atoms with E-state index in [2.05, 4.69) is 16.3 Å². The van der Waals surface area contributed by atoms with Crippen LogP contribution in [0.1, 0.15) is 42.5 Å². The summed E-state index contributed by atoms with van der Waals surface area (Å²) in [4.78, 5) is 3.85. The van der Waals surface area contributed by atoms with Crippen LogP contribution in [-0.2, 0) is 13.0 Å². The van der Waals surface area contributed by atoms with Crippen LogP contribution in [0.3, 0.4) is 0 Å². The lowest BCUT2D eigenvalue weighted by molar-refractivity contribution is 0.338. The first-order valence-electron chi connectivity index (χ1n) is 6.73. The number of hydrogen-bond acceptors (Lipinski definition) is 2. The van der Waals surface area contributed by atoms with E-state index in [1.807, 2.05) is 11.3 Å². The predicted octanol–water partition coefficient (Wildman–Crippen LogP) is 3.66. The Hall–Kier alpha value is -0.830. The highest BCUT2D eigenvalue weighted by Crippen LogP contribution is 2.29. The molecular formula is C14H20N2S. The van der Waals surface area contributed by atoms with Gasteiger partial charge in [0.2, 0.25) is 0 Å². The molecule has 1 saturated carbocycles. The molecule has 2 aliphatic rings. The molecule has 2 heterocycles. The summed E-state index contributed by atoms with van der Waals surface area (Å²) in [6.07, 6.45) is 7.65. The molecular weight excluding hydrogens is 228 g/mol. The minimum absolute atomic E-state index is 0.545. The minimum atomic E-state index is 0.545. The van der Waals surface area contributed by atoms with Crippen LogP contribution >= 0.6 is 11.3 Å². The van der Waals surface area contributed by atoms with Crippen LogP contribution in [0, 0.1) is 11.3 Å². The first kappa shape index (κ1) is 11.3. The largest absolute Gasteiger partial charge is 0.356 e. The van der Waals surface area contributed by atoms with Crippen molar-refractivity contribution in [2.45, 2.75) is 45.1 Å². The van der Waals surface area contributed by atoms with E-state index in [0.717, 1.165) is 25.3 Å². The fourth-order valence-corrected chi connectivity index (χ4v) is 3.98. The molecule has 3 heteroatoms. The van der Waals surface area contributed by atoms with E-state index >= 15 is 0 Å².